The monoisotopic (exact) mass is 450 g/mol. The van der Waals surface area contributed by atoms with E-state index in [2.05, 4.69) is 62.2 Å². The van der Waals surface area contributed by atoms with E-state index in [4.69, 9.17) is 15.0 Å². The van der Waals surface area contributed by atoms with Crippen molar-refractivity contribution in [2.45, 2.75) is 19.5 Å². The van der Waals surface area contributed by atoms with Crippen LogP contribution in [0.4, 0.5) is 11.8 Å². The molecule has 0 spiro atoms. The molecule has 29 heavy (non-hydrogen) atoms. The van der Waals surface area contributed by atoms with Crippen molar-refractivity contribution in [3.63, 3.8) is 0 Å². The lowest BCUT2D eigenvalue weighted by atomic mass is 10.1. The molecule has 4 rings (SSSR count). The number of aryl methyl sites for hydroxylation is 2. The first-order valence-electron chi connectivity index (χ1n) is 9.54. The van der Waals surface area contributed by atoms with Gasteiger partial charge in [0.25, 0.3) is 0 Å². The minimum Gasteiger partial charge on any atom is -0.361 e. The van der Waals surface area contributed by atoms with Gasteiger partial charge in [-0.1, -0.05) is 60.7 Å². The number of hydrogen-bond donors (Lipinski definition) is 1. The molecule has 4 aromatic rings. The van der Waals surface area contributed by atoms with Crippen LogP contribution in [0.15, 0.2) is 65.4 Å². The first-order valence-corrected chi connectivity index (χ1v) is 10.3. The predicted octanol–water partition coefficient (Wildman–Crippen LogP) is 4.51. The maximum absolute atomic E-state index is 4.79. The fraction of sp³-hybridized carbons (Fsp3) is 0.227. The lowest BCUT2D eigenvalue weighted by Crippen LogP contribution is -2.14. The molecule has 0 aliphatic rings. The van der Waals surface area contributed by atoms with E-state index in [0.717, 1.165) is 34.7 Å². The highest BCUT2D eigenvalue weighted by atomic mass is 79.9. The van der Waals surface area contributed by atoms with Crippen molar-refractivity contribution in [2.24, 2.45) is 0 Å². The van der Waals surface area contributed by atoms with Gasteiger partial charge in [0.05, 0.1) is 0 Å². The van der Waals surface area contributed by atoms with Crippen molar-refractivity contribution in [1.82, 2.24) is 19.5 Å². The smallest absolute Gasteiger partial charge is 0.227 e. The third-order valence-electron chi connectivity index (χ3n) is 4.71. The zero-order valence-corrected chi connectivity index (χ0v) is 18.1. The second-order valence-electron chi connectivity index (χ2n) is 7.04. The first kappa shape index (κ1) is 19.4. The predicted molar refractivity (Wildman–Crippen MR) is 121 cm³/mol. The summed E-state index contributed by atoms with van der Waals surface area (Å²) in [5.74, 6) is 1.39. The first-order chi connectivity index (χ1) is 14.1. The quantitative estimate of drug-likeness (QED) is 0.419. The Labute approximate surface area is 178 Å². The molecule has 6 nitrogen and oxygen atoms in total. The van der Waals surface area contributed by atoms with Crippen LogP contribution in [-0.2, 0) is 19.5 Å². The molecule has 0 amide bonds. The molecular formula is C22H23BrN6. The van der Waals surface area contributed by atoms with Gasteiger partial charge in [0, 0.05) is 27.2 Å². The van der Waals surface area contributed by atoms with E-state index in [1.54, 1.807) is 0 Å². The van der Waals surface area contributed by atoms with E-state index in [1.807, 2.05) is 43.3 Å². The second-order valence-corrected chi connectivity index (χ2v) is 7.75. The van der Waals surface area contributed by atoms with Crippen LogP contribution in [0.1, 0.15) is 11.1 Å². The number of anilines is 2. The second kappa shape index (κ2) is 8.61. The van der Waals surface area contributed by atoms with Gasteiger partial charge in [-0.15, -0.1) is 0 Å². The van der Waals surface area contributed by atoms with E-state index >= 15 is 0 Å². The molecule has 1 N–H and O–H groups in total. The molecule has 2 heterocycles. The fourth-order valence-electron chi connectivity index (χ4n) is 3.21. The standard InChI is InChI=1S/C22H23BrN6/c1-28(2)19-18-20(27-22(26-19)24-15-17-11-7-4-8-12-17)29(21(23)25-18)14-13-16-9-5-3-6-10-16/h3-12H,13-15H2,1-2H3,(H,24,26,27). The molecule has 0 radical (unpaired) electrons. The largest absolute Gasteiger partial charge is 0.361 e. The highest BCUT2D eigenvalue weighted by Crippen LogP contribution is 2.27. The van der Waals surface area contributed by atoms with E-state index in [9.17, 15) is 0 Å². The van der Waals surface area contributed by atoms with Crippen molar-refractivity contribution in [3.8, 4) is 0 Å². The number of halogens is 1. The molecule has 0 aliphatic heterocycles. The van der Waals surface area contributed by atoms with E-state index < -0.39 is 0 Å². The Morgan fingerprint density at radius 2 is 1.55 bits per heavy atom. The van der Waals surface area contributed by atoms with Gasteiger partial charge in [-0.25, -0.2) is 4.98 Å². The number of aromatic nitrogens is 4. The van der Waals surface area contributed by atoms with E-state index in [-0.39, 0.29) is 0 Å². The molecular weight excluding hydrogens is 428 g/mol. The summed E-state index contributed by atoms with van der Waals surface area (Å²) in [6.07, 6.45) is 0.902. The van der Waals surface area contributed by atoms with Crippen LogP contribution in [0.5, 0.6) is 0 Å². The zero-order chi connectivity index (χ0) is 20.2. The van der Waals surface area contributed by atoms with Crippen molar-refractivity contribution in [2.75, 3.05) is 24.3 Å². The van der Waals surface area contributed by atoms with E-state index in [1.165, 1.54) is 11.1 Å². The van der Waals surface area contributed by atoms with Crippen molar-refractivity contribution in [3.05, 3.63) is 76.5 Å². The summed E-state index contributed by atoms with van der Waals surface area (Å²) < 4.78 is 2.87. The Hall–Kier alpha value is -2.93. The number of benzene rings is 2. The molecule has 0 saturated heterocycles. The minimum atomic E-state index is 0.596. The molecule has 2 aromatic carbocycles. The number of imidazole rings is 1. The summed E-state index contributed by atoms with van der Waals surface area (Å²) in [4.78, 5) is 16.1. The number of nitrogens with zero attached hydrogens (tertiary/aromatic N) is 5. The molecule has 7 heteroatoms. The Bertz CT molecular complexity index is 1090. The summed E-state index contributed by atoms with van der Waals surface area (Å²) in [6.45, 7) is 1.45. The Morgan fingerprint density at radius 1 is 0.897 bits per heavy atom. The van der Waals surface area contributed by atoms with Gasteiger partial charge in [-0.05, 0) is 33.5 Å². The Kier molecular flexibility index (Phi) is 5.76. The Balaban J connectivity index is 1.66. The Morgan fingerprint density at radius 3 is 2.21 bits per heavy atom. The van der Waals surface area contributed by atoms with Crippen LogP contribution >= 0.6 is 15.9 Å². The number of rotatable bonds is 7. The van der Waals surface area contributed by atoms with Gasteiger partial charge >= 0.3 is 0 Å². The summed E-state index contributed by atoms with van der Waals surface area (Å²) in [5, 5.41) is 3.35. The summed E-state index contributed by atoms with van der Waals surface area (Å²) in [5.41, 5.74) is 4.08. The molecule has 0 saturated carbocycles. The average Bonchev–Trinajstić information content (AvgIpc) is 3.06. The van der Waals surface area contributed by atoms with Gasteiger partial charge in [-0.3, -0.25) is 0 Å². The maximum atomic E-state index is 4.79. The normalized spacial score (nSPS) is 11.0. The lowest BCUT2D eigenvalue weighted by molar-refractivity contribution is 0.693. The van der Waals surface area contributed by atoms with Gasteiger partial charge in [-0.2, -0.15) is 9.97 Å². The average molecular weight is 451 g/mol. The highest BCUT2D eigenvalue weighted by molar-refractivity contribution is 9.10. The lowest BCUT2D eigenvalue weighted by Gasteiger charge is -2.14. The van der Waals surface area contributed by atoms with Crippen LogP contribution in [0.3, 0.4) is 0 Å². The number of hydrogen-bond acceptors (Lipinski definition) is 5. The van der Waals surface area contributed by atoms with Crippen molar-refractivity contribution >= 4 is 38.9 Å². The molecule has 0 aliphatic carbocycles. The molecule has 0 unspecified atom stereocenters. The number of nitrogens with one attached hydrogen (secondary N) is 1. The van der Waals surface area contributed by atoms with Gasteiger partial charge in [0.1, 0.15) is 0 Å². The van der Waals surface area contributed by atoms with Crippen LogP contribution in [-0.4, -0.2) is 33.6 Å². The van der Waals surface area contributed by atoms with E-state index in [0.29, 0.717) is 12.5 Å². The van der Waals surface area contributed by atoms with Gasteiger partial charge < -0.3 is 14.8 Å². The van der Waals surface area contributed by atoms with Crippen molar-refractivity contribution in [1.29, 1.82) is 0 Å². The van der Waals surface area contributed by atoms with Crippen LogP contribution in [0, 0.1) is 0 Å². The molecule has 2 aromatic heterocycles. The minimum absolute atomic E-state index is 0.596. The summed E-state index contributed by atoms with van der Waals surface area (Å²) in [6, 6.07) is 20.7. The van der Waals surface area contributed by atoms with Gasteiger partial charge in [0.2, 0.25) is 5.95 Å². The third kappa shape index (κ3) is 4.40. The van der Waals surface area contributed by atoms with Crippen molar-refractivity contribution < 1.29 is 0 Å². The maximum Gasteiger partial charge on any atom is 0.227 e. The SMILES string of the molecule is CN(C)c1nc(NCc2ccccc2)nc2c1nc(Br)n2CCc1ccccc1. The van der Waals surface area contributed by atoms with Crippen LogP contribution in [0.25, 0.3) is 11.2 Å². The molecule has 0 atom stereocenters. The van der Waals surface area contributed by atoms with Crippen LogP contribution in [0.2, 0.25) is 0 Å². The summed E-state index contributed by atoms with van der Waals surface area (Å²) in [7, 11) is 3.94. The highest BCUT2D eigenvalue weighted by Gasteiger charge is 2.18. The molecule has 148 valence electrons. The van der Waals surface area contributed by atoms with Crippen LogP contribution < -0.4 is 10.2 Å². The third-order valence-corrected chi connectivity index (χ3v) is 5.32. The topological polar surface area (TPSA) is 58.9 Å². The summed E-state index contributed by atoms with van der Waals surface area (Å²) >= 11 is 3.61. The number of fused-ring (bicyclic) bond motifs is 1. The molecule has 0 bridgehead atoms. The van der Waals surface area contributed by atoms with Gasteiger partial charge in [0.15, 0.2) is 21.7 Å². The molecule has 0 fully saturated rings. The zero-order valence-electron chi connectivity index (χ0n) is 16.5. The fourth-order valence-corrected chi connectivity index (χ4v) is 3.73.